The maximum Gasteiger partial charge on any atom is 0.226 e. The lowest BCUT2D eigenvalue weighted by Gasteiger charge is -2.15. The van der Waals surface area contributed by atoms with E-state index < -0.39 is 0 Å². The molecule has 3 heterocycles. The van der Waals surface area contributed by atoms with Gasteiger partial charge in [0.25, 0.3) is 0 Å². The van der Waals surface area contributed by atoms with Crippen LogP contribution in [0, 0.1) is 12.3 Å². The first-order valence-electron chi connectivity index (χ1n) is 7.90. The Bertz CT molecular complexity index is 924. The smallest absolute Gasteiger partial charge is 0.226 e. The molecule has 0 unspecified atom stereocenters. The second kappa shape index (κ2) is 6.13. The van der Waals surface area contributed by atoms with E-state index >= 15 is 0 Å². The summed E-state index contributed by atoms with van der Waals surface area (Å²) in [4.78, 5) is 19.9. The minimum Gasteiger partial charge on any atom is -0.341 e. The van der Waals surface area contributed by atoms with Crippen LogP contribution in [0.15, 0.2) is 36.8 Å². The average Bonchev–Trinajstić information content (AvgIpc) is 3.16. The highest BCUT2D eigenvalue weighted by Crippen LogP contribution is 2.24. The number of benzene rings is 1. The van der Waals surface area contributed by atoms with Crippen LogP contribution in [0.1, 0.15) is 18.4 Å². The minimum atomic E-state index is 0.650. The van der Waals surface area contributed by atoms with Gasteiger partial charge in [-0.25, -0.2) is 19.9 Å². The Kier molecular flexibility index (Phi) is 3.67. The molecule has 0 bridgehead atoms. The molecule has 1 aliphatic heterocycles. The molecule has 24 heavy (non-hydrogen) atoms. The molecule has 0 radical (unpaired) electrons. The highest BCUT2D eigenvalue weighted by atomic mass is 15.3. The third-order valence-electron chi connectivity index (χ3n) is 4.05. The van der Waals surface area contributed by atoms with Gasteiger partial charge in [-0.3, -0.25) is 0 Å². The third-order valence-corrected chi connectivity index (χ3v) is 4.05. The van der Waals surface area contributed by atoms with Crippen molar-refractivity contribution in [1.29, 1.82) is 0 Å². The van der Waals surface area contributed by atoms with Gasteiger partial charge < -0.3 is 10.2 Å². The number of nitrogens with zero attached hydrogens (tertiary/aromatic N) is 5. The maximum atomic E-state index is 5.46. The molecule has 0 amide bonds. The number of terminal acetylenes is 1. The molecule has 118 valence electrons. The first kappa shape index (κ1) is 14.4. The molecule has 0 atom stereocenters. The topological polar surface area (TPSA) is 66.8 Å². The molecule has 1 aliphatic rings. The van der Waals surface area contributed by atoms with Crippen molar-refractivity contribution in [3.05, 3.63) is 42.4 Å². The van der Waals surface area contributed by atoms with E-state index in [1.807, 2.05) is 24.3 Å². The fraction of sp³-hybridized carbons (Fsp3) is 0.222. The molecule has 1 N–H and O–H groups in total. The van der Waals surface area contributed by atoms with E-state index in [-0.39, 0.29) is 0 Å². The van der Waals surface area contributed by atoms with Gasteiger partial charge in [-0.2, -0.15) is 0 Å². The van der Waals surface area contributed by atoms with Crippen LogP contribution in [0.2, 0.25) is 0 Å². The van der Waals surface area contributed by atoms with Crippen molar-refractivity contribution in [3.8, 4) is 12.3 Å². The third kappa shape index (κ3) is 2.72. The first-order valence-corrected chi connectivity index (χ1v) is 7.90. The van der Waals surface area contributed by atoms with Crippen LogP contribution in [-0.4, -0.2) is 33.0 Å². The zero-order chi connectivity index (χ0) is 16.4. The summed E-state index contributed by atoms with van der Waals surface area (Å²) in [6, 6.07) is 7.64. The Morgan fingerprint density at radius 2 is 2.00 bits per heavy atom. The molecule has 0 aliphatic carbocycles. The van der Waals surface area contributed by atoms with Crippen LogP contribution in [0.25, 0.3) is 11.0 Å². The van der Waals surface area contributed by atoms with Crippen molar-refractivity contribution >= 4 is 28.5 Å². The zero-order valence-corrected chi connectivity index (χ0v) is 13.1. The summed E-state index contributed by atoms with van der Waals surface area (Å²) in [5, 5.41) is 3.28. The Morgan fingerprint density at radius 1 is 1.12 bits per heavy atom. The van der Waals surface area contributed by atoms with Crippen LogP contribution >= 0.6 is 0 Å². The van der Waals surface area contributed by atoms with Crippen molar-refractivity contribution in [1.82, 2.24) is 19.9 Å². The second-order valence-corrected chi connectivity index (χ2v) is 5.67. The fourth-order valence-electron chi connectivity index (χ4n) is 2.83. The monoisotopic (exact) mass is 316 g/mol. The molecule has 4 rings (SSSR count). The predicted molar refractivity (Wildman–Crippen MR) is 94.2 cm³/mol. The normalized spacial score (nSPS) is 13.9. The first-order chi connectivity index (χ1) is 11.8. The quantitative estimate of drug-likeness (QED) is 0.750. The van der Waals surface area contributed by atoms with Crippen LogP contribution in [-0.2, 0) is 0 Å². The number of rotatable bonds is 3. The summed E-state index contributed by atoms with van der Waals surface area (Å²) < 4.78 is 0. The van der Waals surface area contributed by atoms with E-state index in [1.54, 1.807) is 6.20 Å². The van der Waals surface area contributed by atoms with Gasteiger partial charge >= 0.3 is 0 Å². The number of hydrogen-bond acceptors (Lipinski definition) is 6. The van der Waals surface area contributed by atoms with Crippen molar-refractivity contribution in [2.75, 3.05) is 23.3 Å². The van der Waals surface area contributed by atoms with Crippen LogP contribution in [0.5, 0.6) is 0 Å². The predicted octanol–water partition coefficient (Wildman–Crippen LogP) is 2.74. The molecule has 0 spiro atoms. The average molecular weight is 316 g/mol. The van der Waals surface area contributed by atoms with Crippen molar-refractivity contribution in [2.45, 2.75) is 12.8 Å². The largest absolute Gasteiger partial charge is 0.341 e. The number of aromatic nitrogens is 4. The van der Waals surface area contributed by atoms with Gasteiger partial charge in [-0.05, 0) is 31.0 Å². The van der Waals surface area contributed by atoms with Gasteiger partial charge in [0.1, 0.15) is 17.4 Å². The summed E-state index contributed by atoms with van der Waals surface area (Å²) in [7, 11) is 0. The molecule has 6 nitrogen and oxygen atoms in total. The Morgan fingerprint density at radius 3 is 2.83 bits per heavy atom. The van der Waals surface area contributed by atoms with Gasteiger partial charge in [0, 0.05) is 24.3 Å². The minimum absolute atomic E-state index is 0.650. The van der Waals surface area contributed by atoms with Crippen LogP contribution in [0.3, 0.4) is 0 Å². The number of hydrogen-bond donors (Lipinski definition) is 1. The lowest BCUT2D eigenvalue weighted by atomic mass is 10.2. The second-order valence-electron chi connectivity index (χ2n) is 5.67. The van der Waals surface area contributed by atoms with E-state index in [1.165, 1.54) is 19.2 Å². The number of fused-ring (bicyclic) bond motifs is 1. The lowest BCUT2D eigenvalue weighted by molar-refractivity contribution is 0.905. The van der Waals surface area contributed by atoms with Gasteiger partial charge in [0.2, 0.25) is 5.95 Å². The molecule has 0 saturated carbocycles. The van der Waals surface area contributed by atoms with E-state index in [9.17, 15) is 0 Å². The highest BCUT2D eigenvalue weighted by Gasteiger charge is 2.16. The molecule has 6 heteroatoms. The van der Waals surface area contributed by atoms with Gasteiger partial charge in [-0.15, -0.1) is 6.42 Å². The van der Waals surface area contributed by atoms with Crippen molar-refractivity contribution in [3.63, 3.8) is 0 Å². The van der Waals surface area contributed by atoms with E-state index in [0.717, 1.165) is 30.3 Å². The summed E-state index contributed by atoms with van der Waals surface area (Å²) in [5.74, 6) is 4.01. The summed E-state index contributed by atoms with van der Waals surface area (Å²) in [6.07, 6.45) is 11.1. The zero-order valence-electron chi connectivity index (χ0n) is 13.1. The summed E-state index contributed by atoms with van der Waals surface area (Å²) >= 11 is 0. The van der Waals surface area contributed by atoms with Crippen molar-refractivity contribution in [2.24, 2.45) is 0 Å². The number of nitrogens with one attached hydrogen (secondary N) is 1. The van der Waals surface area contributed by atoms with Crippen molar-refractivity contribution < 1.29 is 0 Å². The Hall–Kier alpha value is -3.20. The lowest BCUT2D eigenvalue weighted by Crippen LogP contribution is -2.20. The fourth-order valence-corrected chi connectivity index (χ4v) is 2.83. The van der Waals surface area contributed by atoms with Crippen LogP contribution in [0.4, 0.5) is 17.5 Å². The summed E-state index contributed by atoms with van der Waals surface area (Å²) in [5.41, 5.74) is 3.10. The van der Waals surface area contributed by atoms with E-state index in [0.29, 0.717) is 16.9 Å². The van der Waals surface area contributed by atoms with Gasteiger partial charge in [0.05, 0.1) is 6.20 Å². The molecular weight excluding hydrogens is 300 g/mol. The Balaban J connectivity index is 1.73. The molecular formula is C18H16N6. The van der Waals surface area contributed by atoms with Gasteiger partial charge in [-0.1, -0.05) is 12.0 Å². The summed E-state index contributed by atoms with van der Waals surface area (Å²) in [6.45, 7) is 1.98. The van der Waals surface area contributed by atoms with E-state index in [4.69, 9.17) is 6.42 Å². The Labute approximate surface area is 140 Å². The van der Waals surface area contributed by atoms with E-state index in [2.05, 4.69) is 36.1 Å². The molecule has 1 fully saturated rings. The molecule has 1 saturated heterocycles. The highest BCUT2D eigenvalue weighted by molar-refractivity contribution is 5.87. The van der Waals surface area contributed by atoms with Gasteiger partial charge in [0.15, 0.2) is 5.82 Å². The van der Waals surface area contributed by atoms with Crippen LogP contribution < -0.4 is 10.2 Å². The maximum absolute atomic E-state index is 5.46. The molecule has 2 aromatic heterocycles. The number of anilines is 3. The SMILES string of the molecule is C#Cc1cccc(Nc2ncnc3cnc(N4CCCC4)nc23)c1. The standard InChI is InChI=1S/C18H16N6/c1-2-13-6-5-7-14(10-13)22-17-16-15(20-12-21-17)11-19-18(23-16)24-8-3-4-9-24/h1,5-7,10-12H,3-4,8-9H2,(H,20,21,22). The molecule has 1 aromatic carbocycles. The molecule has 3 aromatic rings.